The van der Waals surface area contributed by atoms with Crippen molar-refractivity contribution in [1.82, 2.24) is 5.32 Å². The van der Waals surface area contributed by atoms with Gasteiger partial charge in [-0.3, -0.25) is 4.79 Å². The van der Waals surface area contributed by atoms with Gasteiger partial charge in [-0.1, -0.05) is 13.0 Å². The van der Waals surface area contributed by atoms with Crippen LogP contribution in [0.25, 0.3) is 0 Å². The quantitative estimate of drug-likeness (QED) is 0.844. The Balaban J connectivity index is 2.74. The molecule has 4 heteroatoms. The zero-order chi connectivity index (χ0) is 13.5. The summed E-state index contributed by atoms with van der Waals surface area (Å²) in [7, 11) is 0. The van der Waals surface area contributed by atoms with Gasteiger partial charge >= 0.3 is 0 Å². The molecule has 0 spiro atoms. The normalized spacial score (nSPS) is 12.2. The maximum Gasteiger partial charge on any atom is 0.228 e. The maximum atomic E-state index is 13.2. The number of benzene rings is 1. The summed E-state index contributed by atoms with van der Waals surface area (Å²) >= 11 is 0. The highest BCUT2D eigenvalue weighted by molar-refractivity contribution is 5.93. The fourth-order valence-electron chi connectivity index (χ4n) is 1.94. The summed E-state index contributed by atoms with van der Waals surface area (Å²) in [6.45, 7) is 7.24. The van der Waals surface area contributed by atoms with Crippen LogP contribution in [0.4, 0.5) is 10.1 Å². The number of hydrogen-bond acceptors (Lipinski definition) is 2. The molecule has 0 aliphatic heterocycles. The number of carbonyl (C=O) groups is 1. The van der Waals surface area contributed by atoms with E-state index in [0.29, 0.717) is 18.7 Å². The average molecular weight is 252 g/mol. The molecule has 1 aromatic rings. The van der Waals surface area contributed by atoms with Gasteiger partial charge in [-0.15, -0.1) is 0 Å². The largest absolute Gasteiger partial charge is 0.314 e. The molecule has 0 aliphatic rings. The molecule has 1 unspecified atom stereocenters. The second-order valence-electron chi connectivity index (χ2n) is 4.28. The minimum absolute atomic E-state index is 0.0107. The molecule has 0 fully saturated rings. The summed E-state index contributed by atoms with van der Waals surface area (Å²) in [4.78, 5) is 13.7. The number of hydrogen-bond donors (Lipinski definition) is 1. The summed E-state index contributed by atoms with van der Waals surface area (Å²) in [5, 5.41) is 3.20. The van der Waals surface area contributed by atoms with Gasteiger partial charge in [0.15, 0.2) is 0 Å². The molecule has 0 aromatic heterocycles. The van der Waals surface area contributed by atoms with Crippen LogP contribution in [0.2, 0.25) is 0 Å². The van der Waals surface area contributed by atoms with Crippen molar-refractivity contribution in [2.75, 3.05) is 18.0 Å². The van der Waals surface area contributed by atoms with Gasteiger partial charge in [0.2, 0.25) is 5.91 Å². The zero-order valence-corrected chi connectivity index (χ0v) is 11.2. The molecule has 18 heavy (non-hydrogen) atoms. The molecule has 1 amide bonds. The number of halogens is 1. The van der Waals surface area contributed by atoms with Gasteiger partial charge in [-0.2, -0.15) is 0 Å². The highest BCUT2D eigenvalue weighted by Gasteiger charge is 2.16. The van der Waals surface area contributed by atoms with Crippen LogP contribution in [-0.4, -0.2) is 25.0 Å². The van der Waals surface area contributed by atoms with E-state index in [1.165, 1.54) is 12.1 Å². The van der Waals surface area contributed by atoms with Crippen molar-refractivity contribution < 1.29 is 9.18 Å². The first-order valence-electron chi connectivity index (χ1n) is 6.37. The highest BCUT2D eigenvalue weighted by atomic mass is 19.1. The standard InChI is InChI=1S/C14H21FN2O/c1-4-16-11(3)9-14(18)17(5-2)13-8-6-7-12(15)10-13/h6-8,10-11,16H,4-5,9H2,1-3H3. The molecule has 3 nitrogen and oxygen atoms in total. The lowest BCUT2D eigenvalue weighted by molar-refractivity contribution is -0.119. The SMILES string of the molecule is CCNC(C)CC(=O)N(CC)c1cccc(F)c1. The first-order valence-corrected chi connectivity index (χ1v) is 6.37. The summed E-state index contributed by atoms with van der Waals surface area (Å²) in [6.07, 6.45) is 0.415. The molecule has 1 N–H and O–H groups in total. The van der Waals surface area contributed by atoms with Crippen LogP contribution >= 0.6 is 0 Å². The van der Waals surface area contributed by atoms with Crippen LogP contribution in [0.1, 0.15) is 27.2 Å². The van der Waals surface area contributed by atoms with Crippen LogP contribution in [-0.2, 0) is 4.79 Å². The van der Waals surface area contributed by atoms with Crippen LogP contribution in [0.3, 0.4) is 0 Å². The Bertz CT molecular complexity index is 395. The lowest BCUT2D eigenvalue weighted by Crippen LogP contribution is -2.37. The molecule has 100 valence electrons. The van der Waals surface area contributed by atoms with Crippen molar-refractivity contribution in [3.63, 3.8) is 0 Å². The summed E-state index contributed by atoms with van der Waals surface area (Å²) < 4.78 is 13.2. The summed E-state index contributed by atoms with van der Waals surface area (Å²) in [5.74, 6) is -0.310. The third-order valence-electron chi connectivity index (χ3n) is 2.77. The first kappa shape index (κ1) is 14.6. The van der Waals surface area contributed by atoms with Gasteiger partial charge in [0.05, 0.1) is 0 Å². The average Bonchev–Trinajstić information content (AvgIpc) is 2.30. The molecule has 0 radical (unpaired) electrons. The third-order valence-corrected chi connectivity index (χ3v) is 2.77. The van der Waals surface area contributed by atoms with Crippen molar-refractivity contribution in [3.05, 3.63) is 30.1 Å². The van der Waals surface area contributed by atoms with Gasteiger partial charge in [0.25, 0.3) is 0 Å². The van der Waals surface area contributed by atoms with Crippen LogP contribution < -0.4 is 10.2 Å². The van der Waals surface area contributed by atoms with E-state index in [2.05, 4.69) is 5.32 Å². The van der Waals surface area contributed by atoms with E-state index in [4.69, 9.17) is 0 Å². The van der Waals surface area contributed by atoms with Crippen molar-refractivity contribution in [2.24, 2.45) is 0 Å². The van der Waals surface area contributed by atoms with Crippen LogP contribution in [0, 0.1) is 5.82 Å². The third kappa shape index (κ3) is 4.11. The predicted octanol–water partition coefficient (Wildman–Crippen LogP) is 2.57. The van der Waals surface area contributed by atoms with E-state index >= 15 is 0 Å². The second-order valence-corrected chi connectivity index (χ2v) is 4.28. The topological polar surface area (TPSA) is 32.3 Å². The molecular weight excluding hydrogens is 231 g/mol. The number of amides is 1. The fraction of sp³-hybridized carbons (Fsp3) is 0.500. The van der Waals surface area contributed by atoms with E-state index < -0.39 is 0 Å². The molecule has 0 heterocycles. The number of carbonyl (C=O) groups excluding carboxylic acids is 1. The van der Waals surface area contributed by atoms with Gasteiger partial charge in [-0.05, 0) is 38.6 Å². The monoisotopic (exact) mass is 252 g/mol. The van der Waals surface area contributed by atoms with E-state index in [9.17, 15) is 9.18 Å². The Hall–Kier alpha value is -1.42. The number of rotatable bonds is 6. The van der Waals surface area contributed by atoms with Crippen molar-refractivity contribution in [3.8, 4) is 0 Å². The van der Waals surface area contributed by atoms with Gasteiger partial charge in [-0.25, -0.2) is 4.39 Å². The molecule has 0 aliphatic carbocycles. The Labute approximate surface area is 108 Å². The Morgan fingerprint density at radius 2 is 2.17 bits per heavy atom. The Morgan fingerprint density at radius 1 is 1.44 bits per heavy atom. The molecule has 0 saturated heterocycles. The van der Waals surface area contributed by atoms with Crippen LogP contribution in [0.15, 0.2) is 24.3 Å². The van der Waals surface area contributed by atoms with E-state index in [0.717, 1.165) is 6.54 Å². The van der Waals surface area contributed by atoms with Gasteiger partial charge < -0.3 is 10.2 Å². The lowest BCUT2D eigenvalue weighted by Gasteiger charge is -2.23. The Morgan fingerprint density at radius 3 is 2.72 bits per heavy atom. The van der Waals surface area contributed by atoms with Gasteiger partial charge in [0, 0.05) is 24.7 Å². The van der Waals surface area contributed by atoms with E-state index in [-0.39, 0.29) is 17.8 Å². The van der Waals surface area contributed by atoms with Crippen LogP contribution in [0.5, 0.6) is 0 Å². The number of nitrogens with one attached hydrogen (secondary N) is 1. The second kappa shape index (κ2) is 7.11. The molecule has 0 saturated carbocycles. The first-order chi connectivity index (χ1) is 8.58. The smallest absolute Gasteiger partial charge is 0.228 e. The Kier molecular flexibility index (Phi) is 5.78. The minimum atomic E-state index is -0.321. The summed E-state index contributed by atoms with van der Waals surface area (Å²) in [5.41, 5.74) is 0.617. The predicted molar refractivity (Wildman–Crippen MR) is 72.2 cm³/mol. The molecule has 1 atom stereocenters. The van der Waals surface area contributed by atoms with Crippen molar-refractivity contribution in [2.45, 2.75) is 33.2 Å². The van der Waals surface area contributed by atoms with Gasteiger partial charge in [0.1, 0.15) is 5.82 Å². The zero-order valence-electron chi connectivity index (χ0n) is 11.2. The summed E-state index contributed by atoms with van der Waals surface area (Å²) in [6, 6.07) is 6.27. The van der Waals surface area contributed by atoms with Crippen molar-refractivity contribution >= 4 is 11.6 Å². The number of nitrogens with zero attached hydrogens (tertiary/aromatic N) is 1. The maximum absolute atomic E-state index is 13.2. The molecule has 0 bridgehead atoms. The fourth-order valence-corrected chi connectivity index (χ4v) is 1.94. The highest BCUT2D eigenvalue weighted by Crippen LogP contribution is 2.16. The number of anilines is 1. The molecule has 1 rings (SSSR count). The van der Waals surface area contributed by atoms with E-state index in [1.807, 2.05) is 20.8 Å². The molecule has 1 aromatic carbocycles. The van der Waals surface area contributed by atoms with E-state index in [1.54, 1.807) is 17.0 Å². The lowest BCUT2D eigenvalue weighted by atomic mass is 10.2. The minimum Gasteiger partial charge on any atom is -0.314 e. The van der Waals surface area contributed by atoms with Crippen molar-refractivity contribution in [1.29, 1.82) is 0 Å². The molecular formula is C14H21FN2O.